The molecule has 0 spiro atoms. The first-order chi connectivity index (χ1) is 14.3. The van der Waals surface area contributed by atoms with E-state index in [2.05, 4.69) is 15.3 Å². The van der Waals surface area contributed by atoms with E-state index < -0.39 is 11.9 Å². The SMILES string of the molecule is Cc1ccc(-c2nc3ccc(C(F)(F)F)nc3n2-c2ccc3c(c2)CC(=O)N3)cc1. The molecule has 1 aliphatic rings. The lowest BCUT2D eigenvalue weighted by Gasteiger charge is -2.12. The second-order valence-electron chi connectivity index (χ2n) is 7.24. The molecule has 8 heteroatoms. The van der Waals surface area contributed by atoms with Gasteiger partial charge in [-0.25, -0.2) is 9.97 Å². The summed E-state index contributed by atoms with van der Waals surface area (Å²) in [5, 5.41) is 2.76. The number of amides is 1. The highest BCUT2D eigenvalue weighted by Gasteiger charge is 2.33. The highest BCUT2D eigenvalue weighted by molar-refractivity contribution is 5.99. The number of nitrogens with one attached hydrogen (secondary N) is 1. The van der Waals surface area contributed by atoms with Crippen molar-refractivity contribution in [1.29, 1.82) is 0 Å². The summed E-state index contributed by atoms with van der Waals surface area (Å²) in [6.07, 6.45) is -4.35. The van der Waals surface area contributed by atoms with Gasteiger partial charge in [-0.05, 0) is 42.8 Å². The molecule has 0 fully saturated rings. The summed E-state index contributed by atoms with van der Waals surface area (Å²) in [6.45, 7) is 1.95. The van der Waals surface area contributed by atoms with Crippen molar-refractivity contribution in [3.05, 3.63) is 71.4 Å². The molecule has 0 saturated carbocycles. The van der Waals surface area contributed by atoms with Gasteiger partial charge in [0.25, 0.3) is 0 Å². The van der Waals surface area contributed by atoms with Crippen LogP contribution in [-0.4, -0.2) is 20.4 Å². The maximum absolute atomic E-state index is 13.3. The van der Waals surface area contributed by atoms with Crippen molar-refractivity contribution in [3.63, 3.8) is 0 Å². The number of aryl methyl sites for hydroxylation is 1. The molecule has 2 aromatic heterocycles. The second-order valence-corrected chi connectivity index (χ2v) is 7.24. The molecule has 150 valence electrons. The van der Waals surface area contributed by atoms with Crippen molar-refractivity contribution in [2.75, 3.05) is 5.32 Å². The third kappa shape index (κ3) is 3.01. The fraction of sp³-hybridized carbons (Fsp3) is 0.136. The van der Waals surface area contributed by atoms with E-state index in [1.807, 2.05) is 31.2 Å². The Kier molecular flexibility index (Phi) is 3.92. The minimum Gasteiger partial charge on any atom is -0.326 e. The van der Waals surface area contributed by atoms with Crippen molar-refractivity contribution in [2.45, 2.75) is 19.5 Å². The highest BCUT2D eigenvalue weighted by atomic mass is 19.4. The monoisotopic (exact) mass is 408 g/mol. The summed E-state index contributed by atoms with van der Waals surface area (Å²) in [5.74, 6) is 0.364. The van der Waals surface area contributed by atoms with E-state index in [-0.39, 0.29) is 18.0 Å². The van der Waals surface area contributed by atoms with E-state index in [4.69, 9.17) is 0 Å². The molecule has 0 radical (unpaired) electrons. The van der Waals surface area contributed by atoms with Gasteiger partial charge in [-0.2, -0.15) is 13.2 Å². The molecule has 0 atom stereocenters. The lowest BCUT2D eigenvalue weighted by atomic mass is 10.1. The summed E-state index contributed by atoms with van der Waals surface area (Å²) in [4.78, 5) is 20.2. The van der Waals surface area contributed by atoms with Crippen LogP contribution in [0, 0.1) is 6.92 Å². The number of pyridine rings is 1. The molecule has 0 saturated heterocycles. The molecule has 1 aliphatic heterocycles. The van der Waals surface area contributed by atoms with Crippen LogP contribution in [0.15, 0.2) is 54.6 Å². The molecule has 1 amide bonds. The van der Waals surface area contributed by atoms with E-state index in [1.54, 1.807) is 22.8 Å². The molecule has 3 heterocycles. The van der Waals surface area contributed by atoms with Crippen molar-refractivity contribution in [2.24, 2.45) is 0 Å². The van der Waals surface area contributed by atoms with Crippen LogP contribution >= 0.6 is 0 Å². The number of carbonyl (C=O) groups excluding carboxylic acids is 1. The van der Waals surface area contributed by atoms with E-state index in [0.29, 0.717) is 22.7 Å². The average molecular weight is 408 g/mol. The highest BCUT2D eigenvalue weighted by Crippen LogP contribution is 2.34. The number of carbonyl (C=O) groups is 1. The molecule has 0 unspecified atom stereocenters. The van der Waals surface area contributed by atoms with Crippen LogP contribution in [0.1, 0.15) is 16.8 Å². The topological polar surface area (TPSA) is 59.8 Å². The molecule has 0 aliphatic carbocycles. The molecule has 1 N–H and O–H groups in total. The fourth-order valence-corrected chi connectivity index (χ4v) is 3.61. The second kappa shape index (κ2) is 6.41. The van der Waals surface area contributed by atoms with Gasteiger partial charge in [-0.15, -0.1) is 0 Å². The Morgan fingerprint density at radius 3 is 2.50 bits per heavy atom. The Balaban J connectivity index is 1.79. The third-order valence-corrected chi connectivity index (χ3v) is 5.08. The van der Waals surface area contributed by atoms with Gasteiger partial charge in [0.15, 0.2) is 5.65 Å². The van der Waals surface area contributed by atoms with Crippen LogP contribution in [0.2, 0.25) is 0 Å². The largest absolute Gasteiger partial charge is 0.433 e. The van der Waals surface area contributed by atoms with Crippen LogP contribution in [-0.2, 0) is 17.4 Å². The summed E-state index contributed by atoms with van der Waals surface area (Å²) < 4.78 is 41.5. The van der Waals surface area contributed by atoms with E-state index in [1.165, 1.54) is 6.07 Å². The number of aromatic nitrogens is 3. The zero-order valence-corrected chi connectivity index (χ0v) is 15.8. The summed E-state index contributed by atoms with van der Waals surface area (Å²) in [7, 11) is 0. The van der Waals surface area contributed by atoms with Gasteiger partial charge in [0.1, 0.15) is 17.0 Å². The molecule has 30 heavy (non-hydrogen) atoms. The number of hydrogen-bond acceptors (Lipinski definition) is 3. The Bertz CT molecular complexity index is 1310. The van der Waals surface area contributed by atoms with Crippen molar-refractivity contribution < 1.29 is 18.0 Å². The minimum absolute atomic E-state index is 0.109. The quantitative estimate of drug-likeness (QED) is 0.513. The average Bonchev–Trinajstić information content (AvgIpc) is 3.26. The van der Waals surface area contributed by atoms with Gasteiger partial charge in [-0.1, -0.05) is 29.8 Å². The number of hydrogen-bond donors (Lipinski definition) is 1. The number of alkyl halides is 3. The zero-order valence-electron chi connectivity index (χ0n) is 15.8. The third-order valence-electron chi connectivity index (χ3n) is 5.08. The standard InChI is InChI=1S/C22H15F3N4O/c1-12-2-4-13(5-3-12)20-27-17-8-9-18(22(23,24)25)28-21(17)29(20)15-6-7-16-14(10-15)11-19(30)26-16/h2-10H,11H2,1H3,(H,26,30). The van der Waals surface area contributed by atoms with Gasteiger partial charge in [0, 0.05) is 16.9 Å². The fourth-order valence-electron chi connectivity index (χ4n) is 3.61. The Labute approximate surface area is 169 Å². The van der Waals surface area contributed by atoms with Crippen LogP contribution < -0.4 is 5.32 Å². The molecule has 5 rings (SSSR count). The predicted octanol–water partition coefficient (Wildman–Crippen LogP) is 4.91. The van der Waals surface area contributed by atoms with E-state index >= 15 is 0 Å². The smallest absolute Gasteiger partial charge is 0.326 e. The van der Waals surface area contributed by atoms with Crippen molar-refractivity contribution in [1.82, 2.24) is 14.5 Å². The van der Waals surface area contributed by atoms with Gasteiger partial charge >= 0.3 is 6.18 Å². The van der Waals surface area contributed by atoms with Gasteiger partial charge in [-0.3, -0.25) is 9.36 Å². The molecule has 2 aromatic carbocycles. The number of fused-ring (bicyclic) bond motifs is 2. The molecule has 4 aromatic rings. The summed E-state index contributed by atoms with van der Waals surface area (Å²) in [6, 6.07) is 15.1. The normalized spacial score (nSPS) is 13.5. The maximum Gasteiger partial charge on any atom is 0.433 e. The molecular weight excluding hydrogens is 393 g/mol. The first-order valence-electron chi connectivity index (χ1n) is 9.26. The zero-order chi connectivity index (χ0) is 21.0. The van der Waals surface area contributed by atoms with Crippen LogP contribution in [0.5, 0.6) is 0 Å². The van der Waals surface area contributed by atoms with Crippen LogP contribution in [0.25, 0.3) is 28.2 Å². The maximum atomic E-state index is 13.3. The number of rotatable bonds is 2. The van der Waals surface area contributed by atoms with Gasteiger partial charge < -0.3 is 5.32 Å². The van der Waals surface area contributed by atoms with Gasteiger partial charge in [0.2, 0.25) is 5.91 Å². The van der Waals surface area contributed by atoms with Crippen LogP contribution in [0.3, 0.4) is 0 Å². The lowest BCUT2D eigenvalue weighted by molar-refractivity contribution is -0.141. The Morgan fingerprint density at radius 1 is 1.00 bits per heavy atom. The molecule has 0 bridgehead atoms. The number of halogens is 3. The first-order valence-corrected chi connectivity index (χ1v) is 9.26. The van der Waals surface area contributed by atoms with Crippen molar-refractivity contribution in [3.8, 4) is 17.1 Å². The molecular formula is C22H15F3N4O. The van der Waals surface area contributed by atoms with Gasteiger partial charge in [0.05, 0.1) is 6.42 Å². The minimum atomic E-state index is -4.57. The number of benzene rings is 2. The Hall–Kier alpha value is -3.68. The van der Waals surface area contributed by atoms with Crippen LogP contribution in [0.4, 0.5) is 18.9 Å². The number of nitrogens with zero attached hydrogens (tertiary/aromatic N) is 3. The van der Waals surface area contributed by atoms with Crippen molar-refractivity contribution >= 4 is 22.8 Å². The molecule has 5 nitrogen and oxygen atoms in total. The van der Waals surface area contributed by atoms with E-state index in [0.717, 1.165) is 22.8 Å². The summed E-state index contributed by atoms with van der Waals surface area (Å²) in [5.41, 5.74) is 3.36. The predicted molar refractivity (Wildman–Crippen MR) is 106 cm³/mol. The number of anilines is 1. The van der Waals surface area contributed by atoms with E-state index in [9.17, 15) is 18.0 Å². The lowest BCUT2D eigenvalue weighted by Crippen LogP contribution is -2.09. The summed E-state index contributed by atoms with van der Waals surface area (Å²) >= 11 is 0. The Morgan fingerprint density at radius 2 is 1.77 bits per heavy atom. The first kappa shape index (κ1) is 18.4. The number of imidazole rings is 1.